The van der Waals surface area contributed by atoms with E-state index in [1.54, 1.807) is 7.11 Å². The van der Waals surface area contributed by atoms with Gasteiger partial charge in [0.25, 0.3) is 0 Å². The van der Waals surface area contributed by atoms with E-state index in [-0.39, 0.29) is 0 Å². The maximum Gasteiger partial charge on any atom is 0.0554 e. The Hall–Kier alpha value is -0.120. The van der Waals surface area contributed by atoms with Crippen LogP contribution in [0.25, 0.3) is 0 Å². The first kappa shape index (κ1) is 11.0. The predicted molar refractivity (Wildman–Crippen MR) is 52.9 cm³/mol. The van der Waals surface area contributed by atoms with Crippen molar-refractivity contribution in [1.82, 2.24) is 5.32 Å². The van der Waals surface area contributed by atoms with E-state index in [1.165, 1.54) is 6.42 Å². The number of rotatable bonds is 7. The van der Waals surface area contributed by atoms with Crippen molar-refractivity contribution in [2.24, 2.45) is 5.41 Å². The second-order valence-electron chi connectivity index (χ2n) is 4.18. The van der Waals surface area contributed by atoms with Crippen molar-refractivity contribution in [3.63, 3.8) is 0 Å². The zero-order valence-electron chi connectivity index (χ0n) is 8.77. The van der Waals surface area contributed by atoms with E-state index in [1.807, 2.05) is 0 Å². The molecule has 3 heteroatoms. The van der Waals surface area contributed by atoms with Gasteiger partial charge in [-0.25, -0.2) is 0 Å². The lowest BCUT2D eigenvalue weighted by atomic mass is 9.89. The molecule has 1 N–H and O–H groups in total. The Kier molecular flexibility index (Phi) is 4.70. The molecule has 1 heterocycles. The monoisotopic (exact) mass is 187 g/mol. The first-order chi connectivity index (χ1) is 6.27. The van der Waals surface area contributed by atoms with E-state index < -0.39 is 0 Å². The predicted octanol–water partition coefficient (Wildman–Crippen LogP) is 1.04. The van der Waals surface area contributed by atoms with Crippen LogP contribution >= 0.6 is 0 Å². The molecule has 1 aliphatic heterocycles. The van der Waals surface area contributed by atoms with Crippen LogP contribution < -0.4 is 5.32 Å². The molecule has 3 nitrogen and oxygen atoms in total. The molecule has 0 aliphatic carbocycles. The van der Waals surface area contributed by atoms with Gasteiger partial charge in [-0.05, 0) is 19.4 Å². The number of ether oxygens (including phenoxy) is 2. The van der Waals surface area contributed by atoms with Crippen molar-refractivity contribution < 1.29 is 9.47 Å². The second kappa shape index (κ2) is 5.58. The average Bonchev–Trinajstić information content (AvgIpc) is 2.08. The van der Waals surface area contributed by atoms with Gasteiger partial charge in [-0.2, -0.15) is 0 Å². The molecular weight excluding hydrogens is 166 g/mol. The lowest BCUT2D eigenvalue weighted by Crippen LogP contribution is -2.47. The zero-order chi connectivity index (χ0) is 9.57. The van der Waals surface area contributed by atoms with Crippen molar-refractivity contribution in [2.45, 2.75) is 19.8 Å². The fourth-order valence-corrected chi connectivity index (χ4v) is 1.44. The van der Waals surface area contributed by atoms with E-state index >= 15 is 0 Å². The van der Waals surface area contributed by atoms with Crippen LogP contribution in [0, 0.1) is 5.41 Å². The van der Waals surface area contributed by atoms with Crippen LogP contribution in [0.15, 0.2) is 0 Å². The summed E-state index contributed by atoms with van der Waals surface area (Å²) in [6, 6.07) is 0. The summed E-state index contributed by atoms with van der Waals surface area (Å²) in [6.07, 6.45) is 2.35. The first-order valence-corrected chi connectivity index (χ1v) is 5.04. The van der Waals surface area contributed by atoms with Crippen molar-refractivity contribution >= 4 is 0 Å². The molecule has 1 aliphatic rings. The summed E-state index contributed by atoms with van der Waals surface area (Å²) in [5.41, 5.74) is 0.404. The highest BCUT2D eigenvalue weighted by molar-refractivity contribution is 4.82. The maximum absolute atomic E-state index is 5.17. The van der Waals surface area contributed by atoms with Crippen molar-refractivity contribution in [1.29, 1.82) is 0 Å². The molecule has 0 aromatic rings. The highest BCUT2D eigenvalue weighted by Crippen LogP contribution is 2.24. The van der Waals surface area contributed by atoms with Gasteiger partial charge in [-0.15, -0.1) is 0 Å². The Balaban J connectivity index is 1.83. The summed E-state index contributed by atoms with van der Waals surface area (Å²) in [5, 5.41) is 3.45. The maximum atomic E-state index is 5.17. The molecule has 13 heavy (non-hydrogen) atoms. The Morgan fingerprint density at radius 3 is 2.69 bits per heavy atom. The fourth-order valence-electron chi connectivity index (χ4n) is 1.44. The largest absolute Gasteiger partial charge is 0.385 e. The quantitative estimate of drug-likeness (QED) is 0.604. The molecule has 0 saturated carbocycles. The minimum absolute atomic E-state index is 0.404. The molecule has 0 amide bonds. The number of nitrogens with one attached hydrogen (secondary N) is 1. The summed E-state index contributed by atoms with van der Waals surface area (Å²) in [5.74, 6) is 0. The standard InChI is InChI=1S/C10H21NO2/c1-10(8-13-9-10)7-11-5-3-4-6-12-2/h11H,3-9H2,1-2H3. The summed E-state index contributed by atoms with van der Waals surface area (Å²) in [4.78, 5) is 0. The van der Waals surface area contributed by atoms with Crippen LogP contribution in [0.1, 0.15) is 19.8 Å². The molecular formula is C10H21NO2. The van der Waals surface area contributed by atoms with E-state index in [2.05, 4.69) is 12.2 Å². The van der Waals surface area contributed by atoms with Crippen LogP contribution in [0.2, 0.25) is 0 Å². The topological polar surface area (TPSA) is 30.5 Å². The molecule has 1 fully saturated rings. The molecule has 0 aromatic heterocycles. The van der Waals surface area contributed by atoms with Gasteiger partial charge in [0.2, 0.25) is 0 Å². The molecule has 0 aromatic carbocycles. The van der Waals surface area contributed by atoms with E-state index in [9.17, 15) is 0 Å². The van der Waals surface area contributed by atoms with Crippen molar-refractivity contribution in [3.8, 4) is 0 Å². The SMILES string of the molecule is COCCCCNCC1(C)COC1. The van der Waals surface area contributed by atoms with E-state index in [4.69, 9.17) is 9.47 Å². The van der Waals surface area contributed by atoms with Gasteiger partial charge >= 0.3 is 0 Å². The molecule has 1 rings (SSSR count). The van der Waals surface area contributed by atoms with Crippen LogP contribution in [-0.2, 0) is 9.47 Å². The highest BCUT2D eigenvalue weighted by Gasteiger charge is 2.32. The van der Waals surface area contributed by atoms with Gasteiger partial charge < -0.3 is 14.8 Å². The van der Waals surface area contributed by atoms with E-state index in [0.29, 0.717) is 5.41 Å². The third kappa shape index (κ3) is 4.07. The Labute approximate surface area is 80.8 Å². The Morgan fingerprint density at radius 1 is 1.38 bits per heavy atom. The van der Waals surface area contributed by atoms with Gasteiger partial charge in [-0.1, -0.05) is 6.92 Å². The lowest BCUT2D eigenvalue weighted by Gasteiger charge is -2.38. The summed E-state index contributed by atoms with van der Waals surface area (Å²) < 4.78 is 10.1. The van der Waals surface area contributed by atoms with Crippen LogP contribution in [0.3, 0.4) is 0 Å². The fraction of sp³-hybridized carbons (Fsp3) is 1.00. The van der Waals surface area contributed by atoms with Gasteiger partial charge in [0.15, 0.2) is 0 Å². The lowest BCUT2D eigenvalue weighted by molar-refractivity contribution is -0.0989. The third-order valence-electron chi connectivity index (χ3n) is 2.40. The molecule has 78 valence electrons. The number of methoxy groups -OCH3 is 1. The van der Waals surface area contributed by atoms with Gasteiger partial charge in [-0.3, -0.25) is 0 Å². The number of hydrogen-bond donors (Lipinski definition) is 1. The molecule has 0 spiro atoms. The van der Waals surface area contributed by atoms with Gasteiger partial charge in [0, 0.05) is 25.7 Å². The van der Waals surface area contributed by atoms with Crippen LogP contribution in [0.4, 0.5) is 0 Å². The molecule has 1 saturated heterocycles. The number of hydrogen-bond acceptors (Lipinski definition) is 3. The first-order valence-electron chi connectivity index (χ1n) is 5.04. The minimum atomic E-state index is 0.404. The van der Waals surface area contributed by atoms with Crippen LogP contribution in [0.5, 0.6) is 0 Å². The summed E-state index contributed by atoms with van der Waals surface area (Å²) in [7, 11) is 1.75. The van der Waals surface area contributed by atoms with Gasteiger partial charge in [0.05, 0.1) is 13.2 Å². The molecule has 0 atom stereocenters. The molecule has 0 radical (unpaired) electrons. The van der Waals surface area contributed by atoms with E-state index in [0.717, 1.165) is 39.3 Å². The summed E-state index contributed by atoms with van der Waals surface area (Å²) in [6.45, 7) is 7.15. The third-order valence-corrected chi connectivity index (χ3v) is 2.40. The Bertz CT molecular complexity index is 135. The minimum Gasteiger partial charge on any atom is -0.385 e. The van der Waals surface area contributed by atoms with Gasteiger partial charge in [0.1, 0.15) is 0 Å². The summed E-state index contributed by atoms with van der Waals surface area (Å²) >= 11 is 0. The molecule has 0 bridgehead atoms. The van der Waals surface area contributed by atoms with Crippen molar-refractivity contribution in [3.05, 3.63) is 0 Å². The number of unbranched alkanes of at least 4 members (excludes halogenated alkanes) is 1. The zero-order valence-corrected chi connectivity index (χ0v) is 8.77. The highest BCUT2D eigenvalue weighted by atomic mass is 16.5. The molecule has 0 unspecified atom stereocenters. The second-order valence-corrected chi connectivity index (χ2v) is 4.18. The smallest absolute Gasteiger partial charge is 0.0554 e. The average molecular weight is 187 g/mol. The normalized spacial score (nSPS) is 19.8. The van der Waals surface area contributed by atoms with Crippen molar-refractivity contribution in [2.75, 3.05) is 40.0 Å². The van der Waals surface area contributed by atoms with Crippen LogP contribution in [-0.4, -0.2) is 40.0 Å². The Morgan fingerprint density at radius 2 is 2.15 bits per heavy atom.